The predicted octanol–water partition coefficient (Wildman–Crippen LogP) is 1.63. The molecule has 1 fully saturated rings. The first-order valence-electron chi connectivity index (χ1n) is 5.34. The molecule has 0 spiro atoms. The summed E-state index contributed by atoms with van der Waals surface area (Å²) in [6.45, 7) is 1.09. The first-order chi connectivity index (χ1) is 8.52. The Labute approximate surface area is 101 Å². The van der Waals surface area contributed by atoms with E-state index in [4.69, 9.17) is 4.74 Å². The molecule has 0 saturated carbocycles. The number of amides is 1. The molecule has 0 unspecified atom stereocenters. The van der Waals surface area contributed by atoms with Gasteiger partial charge in [0.15, 0.2) is 0 Å². The quantitative estimate of drug-likeness (QED) is 0.759. The molecule has 1 aliphatic heterocycles. The summed E-state index contributed by atoms with van der Waals surface area (Å²) in [5.41, 5.74) is -0.407. The molecule has 0 radical (unpaired) electrons. The Morgan fingerprint density at radius 2 is 2.22 bits per heavy atom. The van der Waals surface area contributed by atoms with Crippen LogP contribution in [0.15, 0.2) is 18.3 Å². The van der Waals surface area contributed by atoms with Gasteiger partial charge < -0.3 is 9.64 Å². The number of carbonyl (C=O) groups excluding carboxylic acids is 1. The molecule has 4 nitrogen and oxygen atoms in total. The highest BCUT2D eigenvalue weighted by Crippen LogP contribution is 2.29. The van der Waals surface area contributed by atoms with Gasteiger partial charge in [-0.15, -0.1) is 0 Å². The average molecular weight is 260 g/mol. The molecule has 1 aliphatic rings. The number of carbonyl (C=O) groups is 1. The fraction of sp³-hybridized carbons (Fsp3) is 0.455. The number of nitrogens with zero attached hydrogens (tertiary/aromatic N) is 2. The van der Waals surface area contributed by atoms with Crippen molar-refractivity contribution in [3.8, 4) is 0 Å². The third-order valence-electron chi connectivity index (χ3n) is 2.76. The Kier molecular flexibility index (Phi) is 3.51. The van der Waals surface area contributed by atoms with E-state index in [0.29, 0.717) is 25.3 Å². The zero-order valence-corrected chi connectivity index (χ0v) is 9.35. The van der Waals surface area contributed by atoms with Crippen molar-refractivity contribution in [2.45, 2.75) is 12.2 Å². The number of ether oxygens (including phenoxy) is 1. The minimum Gasteiger partial charge on any atom is -0.377 e. The summed E-state index contributed by atoms with van der Waals surface area (Å²) in [7, 11) is 0. The topological polar surface area (TPSA) is 42.4 Å². The van der Waals surface area contributed by atoms with Crippen LogP contribution in [0.4, 0.5) is 13.2 Å². The zero-order chi connectivity index (χ0) is 13.2. The summed E-state index contributed by atoms with van der Waals surface area (Å²) in [6.07, 6.45) is -2.97. The molecule has 98 valence electrons. The van der Waals surface area contributed by atoms with Crippen molar-refractivity contribution < 1.29 is 22.7 Å². The molecule has 1 atom stereocenters. The summed E-state index contributed by atoms with van der Waals surface area (Å²) in [5.74, 6) is 0. The van der Waals surface area contributed by atoms with E-state index in [1.54, 1.807) is 0 Å². The van der Waals surface area contributed by atoms with Gasteiger partial charge in [0.25, 0.3) is 0 Å². The maximum atomic E-state index is 12.4. The summed E-state index contributed by atoms with van der Waals surface area (Å²) in [4.78, 5) is 16.1. The van der Waals surface area contributed by atoms with Gasteiger partial charge in [-0.3, -0.25) is 9.78 Å². The molecule has 1 amide bonds. The van der Waals surface area contributed by atoms with Crippen LogP contribution in [0, 0.1) is 0 Å². The Morgan fingerprint density at radius 3 is 2.78 bits per heavy atom. The standard InChI is InChI=1S/C11H11F3N2O2/c12-11(13,14)8-1-2-9(15-5-8)10-6-18-4-3-16(10)7-17/h1-2,5,7,10H,3-4,6H2/t10-/m0/s1. The van der Waals surface area contributed by atoms with E-state index in [9.17, 15) is 18.0 Å². The number of halogens is 3. The lowest BCUT2D eigenvalue weighted by molar-refractivity contribution is -0.138. The third kappa shape index (κ3) is 2.61. The lowest BCUT2D eigenvalue weighted by Crippen LogP contribution is -2.38. The van der Waals surface area contributed by atoms with Crippen LogP contribution in [-0.2, 0) is 15.7 Å². The van der Waals surface area contributed by atoms with Crippen LogP contribution in [0.3, 0.4) is 0 Å². The van der Waals surface area contributed by atoms with Crippen molar-refractivity contribution in [3.05, 3.63) is 29.6 Å². The van der Waals surface area contributed by atoms with Crippen molar-refractivity contribution in [3.63, 3.8) is 0 Å². The van der Waals surface area contributed by atoms with Gasteiger partial charge in [-0.1, -0.05) is 0 Å². The van der Waals surface area contributed by atoms with Crippen LogP contribution in [-0.4, -0.2) is 36.1 Å². The SMILES string of the molecule is O=CN1CCOC[C@H]1c1ccc(C(F)(F)F)cn1. The highest BCUT2D eigenvalue weighted by molar-refractivity contribution is 5.48. The van der Waals surface area contributed by atoms with Gasteiger partial charge in [0, 0.05) is 12.7 Å². The fourth-order valence-electron chi connectivity index (χ4n) is 1.77. The monoisotopic (exact) mass is 260 g/mol. The van der Waals surface area contributed by atoms with Gasteiger partial charge in [-0.25, -0.2) is 0 Å². The third-order valence-corrected chi connectivity index (χ3v) is 2.76. The molecule has 1 saturated heterocycles. The number of rotatable bonds is 2. The molecule has 2 rings (SSSR count). The first kappa shape index (κ1) is 12.8. The number of aromatic nitrogens is 1. The molecule has 2 heterocycles. The van der Waals surface area contributed by atoms with E-state index in [0.717, 1.165) is 12.3 Å². The molecule has 0 aliphatic carbocycles. The van der Waals surface area contributed by atoms with E-state index in [2.05, 4.69) is 4.98 Å². The summed E-state index contributed by atoms with van der Waals surface area (Å²) < 4.78 is 42.3. The van der Waals surface area contributed by atoms with Crippen molar-refractivity contribution >= 4 is 6.41 Å². The lowest BCUT2D eigenvalue weighted by Gasteiger charge is -2.32. The lowest BCUT2D eigenvalue weighted by atomic mass is 10.1. The number of hydrogen-bond acceptors (Lipinski definition) is 3. The minimum absolute atomic E-state index is 0.247. The van der Waals surface area contributed by atoms with Gasteiger partial charge in [-0.2, -0.15) is 13.2 Å². The zero-order valence-electron chi connectivity index (χ0n) is 9.35. The predicted molar refractivity (Wildman–Crippen MR) is 55.6 cm³/mol. The van der Waals surface area contributed by atoms with Crippen molar-refractivity contribution in [1.82, 2.24) is 9.88 Å². The van der Waals surface area contributed by atoms with Gasteiger partial charge in [0.05, 0.1) is 30.5 Å². The molecule has 0 bridgehead atoms. The van der Waals surface area contributed by atoms with Crippen molar-refractivity contribution in [2.24, 2.45) is 0 Å². The number of alkyl halides is 3. The molecular formula is C11H11F3N2O2. The normalized spacial score (nSPS) is 20.8. The van der Waals surface area contributed by atoms with Gasteiger partial charge in [0.2, 0.25) is 6.41 Å². The Morgan fingerprint density at radius 1 is 1.44 bits per heavy atom. The van der Waals surface area contributed by atoms with Gasteiger partial charge >= 0.3 is 6.18 Å². The average Bonchev–Trinajstić information content (AvgIpc) is 2.38. The van der Waals surface area contributed by atoms with Crippen molar-refractivity contribution in [1.29, 1.82) is 0 Å². The molecule has 0 N–H and O–H groups in total. The summed E-state index contributed by atoms with van der Waals surface area (Å²) in [5, 5.41) is 0. The molecule has 1 aromatic heterocycles. The highest BCUT2D eigenvalue weighted by Gasteiger charge is 2.31. The number of hydrogen-bond donors (Lipinski definition) is 0. The van der Waals surface area contributed by atoms with Crippen LogP contribution in [0.25, 0.3) is 0 Å². The Hall–Kier alpha value is -1.63. The van der Waals surface area contributed by atoms with E-state index >= 15 is 0 Å². The summed E-state index contributed by atoms with van der Waals surface area (Å²) >= 11 is 0. The van der Waals surface area contributed by atoms with E-state index in [-0.39, 0.29) is 6.61 Å². The van der Waals surface area contributed by atoms with Gasteiger partial charge in [-0.05, 0) is 12.1 Å². The number of pyridine rings is 1. The molecule has 1 aromatic rings. The van der Waals surface area contributed by atoms with E-state index < -0.39 is 17.8 Å². The Balaban J connectivity index is 2.20. The Bertz CT molecular complexity index is 419. The maximum absolute atomic E-state index is 12.4. The second-order valence-electron chi connectivity index (χ2n) is 3.90. The van der Waals surface area contributed by atoms with Gasteiger partial charge in [0.1, 0.15) is 0 Å². The smallest absolute Gasteiger partial charge is 0.377 e. The largest absolute Gasteiger partial charge is 0.417 e. The number of morpholine rings is 1. The second kappa shape index (κ2) is 4.93. The highest BCUT2D eigenvalue weighted by atomic mass is 19.4. The maximum Gasteiger partial charge on any atom is 0.417 e. The van der Waals surface area contributed by atoms with Crippen LogP contribution in [0.2, 0.25) is 0 Å². The minimum atomic E-state index is -4.40. The molecular weight excluding hydrogens is 249 g/mol. The summed E-state index contributed by atoms with van der Waals surface area (Å²) in [6, 6.07) is 1.82. The van der Waals surface area contributed by atoms with E-state index in [1.807, 2.05) is 0 Å². The first-order valence-corrected chi connectivity index (χ1v) is 5.34. The molecule has 18 heavy (non-hydrogen) atoms. The van der Waals surface area contributed by atoms with Crippen LogP contribution in [0.1, 0.15) is 17.3 Å². The van der Waals surface area contributed by atoms with E-state index in [1.165, 1.54) is 11.0 Å². The van der Waals surface area contributed by atoms with Crippen LogP contribution >= 0.6 is 0 Å². The molecule has 0 aromatic carbocycles. The fourth-order valence-corrected chi connectivity index (χ4v) is 1.77. The van der Waals surface area contributed by atoms with Crippen LogP contribution < -0.4 is 0 Å². The van der Waals surface area contributed by atoms with Crippen molar-refractivity contribution in [2.75, 3.05) is 19.8 Å². The van der Waals surface area contributed by atoms with Crippen LogP contribution in [0.5, 0.6) is 0 Å². The molecule has 7 heteroatoms. The second-order valence-corrected chi connectivity index (χ2v) is 3.90.